The number of hydrogen-bond donors (Lipinski definition) is 1. The van der Waals surface area contributed by atoms with Crippen LogP contribution in [-0.2, 0) is 14.3 Å². The molecular formula is C12H12BrNO4S2. The van der Waals surface area contributed by atoms with Gasteiger partial charge in [-0.05, 0) is 21.5 Å². The summed E-state index contributed by atoms with van der Waals surface area (Å²) < 4.78 is 28.4. The maximum atomic E-state index is 11.4. The topological polar surface area (TPSA) is 76.5 Å². The molecule has 5 nitrogen and oxygen atoms in total. The van der Waals surface area contributed by atoms with Gasteiger partial charge in [0.05, 0.1) is 6.26 Å². The van der Waals surface area contributed by atoms with Gasteiger partial charge in [-0.15, -0.1) is 11.3 Å². The molecule has 1 heterocycles. The molecule has 1 aromatic carbocycles. The predicted molar refractivity (Wildman–Crippen MR) is 79.9 cm³/mol. The van der Waals surface area contributed by atoms with Crippen LogP contribution in [0.4, 0.5) is 0 Å². The van der Waals surface area contributed by atoms with Gasteiger partial charge in [0.2, 0.25) is 0 Å². The lowest BCUT2D eigenvalue weighted by molar-refractivity contribution is 0.0389. The van der Waals surface area contributed by atoms with Crippen LogP contribution in [0, 0.1) is 0 Å². The van der Waals surface area contributed by atoms with Crippen LogP contribution in [0.15, 0.2) is 40.3 Å². The van der Waals surface area contributed by atoms with Gasteiger partial charge in [-0.25, -0.2) is 4.98 Å². The fraction of sp³-hybridized carbons (Fsp3) is 0.250. The van der Waals surface area contributed by atoms with E-state index >= 15 is 0 Å². The first-order chi connectivity index (χ1) is 9.37. The van der Waals surface area contributed by atoms with Gasteiger partial charge in [-0.2, -0.15) is 8.42 Å². The molecule has 0 fully saturated rings. The van der Waals surface area contributed by atoms with E-state index in [4.69, 9.17) is 4.18 Å². The fourth-order valence-electron chi connectivity index (χ4n) is 1.64. The van der Waals surface area contributed by atoms with Crippen LogP contribution < -0.4 is 0 Å². The minimum atomic E-state index is -3.72. The normalized spacial score (nSPS) is 14.9. The Morgan fingerprint density at radius 2 is 2.00 bits per heavy atom. The molecule has 2 aromatic rings. The molecule has 0 unspecified atom stereocenters. The van der Waals surface area contributed by atoms with Crippen LogP contribution in [0.2, 0.25) is 0 Å². The van der Waals surface area contributed by atoms with Crippen LogP contribution in [0.3, 0.4) is 0 Å². The van der Waals surface area contributed by atoms with Gasteiger partial charge in [0.1, 0.15) is 15.7 Å². The zero-order valence-electron chi connectivity index (χ0n) is 10.4. The average Bonchev–Trinajstić information content (AvgIpc) is 2.82. The Morgan fingerprint density at radius 3 is 2.50 bits per heavy atom. The van der Waals surface area contributed by atoms with Crippen molar-refractivity contribution in [1.82, 2.24) is 4.98 Å². The van der Waals surface area contributed by atoms with Crippen molar-refractivity contribution in [3.8, 4) is 0 Å². The third kappa shape index (κ3) is 4.10. The van der Waals surface area contributed by atoms with Crippen molar-refractivity contribution in [2.45, 2.75) is 12.2 Å². The van der Waals surface area contributed by atoms with E-state index in [1.54, 1.807) is 29.6 Å². The molecule has 0 radical (unpaired) electrons. The molecule has 108 valence electrons. The molecule has 0 spiro atoms. The number of aliphatic hydroxyl groups is 1. The first-order valence-corrected chi connectivity index (χ1v) is 9.08. The molecule has 2 rings (SSSR count). The molecule has 1 N–H and O–H groups in total. The number of halogens is 1. The third-order valence-electron chi connectivity index (χ3n) is 2.44. The maximum absolute atomic E-state index is 11.4. The lowest BCUT2D eigenvalue weighted by atomic mass is 10.1. The van der Waals surface area contributed by atoms with Crippen LogP contribution >= 0.6 is 27.3 Å². The summed E-state index contributed by atoms with van der Waals surface area (Å²) >= 11 is 4.41. The first-order valence-electron chi connectivity index (χ1n) is 5.59. The molecule has 0 aliphatic carbocycles. The Hall–Kier alpha value is -0.800. The number of benzene rings is 1. The van der Waals surface area contributed by atoms with Crippen molar-refractivity contribution in [3.63, 3.8) is 0 Å². The summed E-state index contributed by atoms with van der Waals surface area (Å²) in [7, 11) is -3.72. The van der Waals surface area contributed by atoms with Crippen molar-refractivity contribution in [1.29, 1.82) is 0 Å². The summed E-state index contributed by atoms with van der Waals surface area (Å²) in [5.74, 6) is 0. The Balaban J connectivity index is 2.36. The largest absolute Gasteiger partial charge is 0.385 e. The molecule has 1 aromatic heterocycles. The second-order valence-electron chi connectivity index (χ2n) is 4.08. The molecule has 0 saturated carbocycles. The molecule has 20 heavy (non-hydrogen) atoms. The number of thiazole rings is 1. The molecule has 0 saturated heterocycles. The van der Waals surface area contributed by atoms with Crippen molar-refractivity contribution in [2.24, 2.45) is 0 Å². The van der Waals surface area contributed by atoms with Crippen LogP contribution in [0.5, 0.6) is 0 Å². The highest BCUT2D eigenvalue weighted by molar-refractivity contribution is 9.10. The van der Waals surface area contributed by atoms with Gasteiger partial charge in [0, 0.05) is 5.38 Å². The highest BCUT2D eigenvalue weighted by atomic mass is 79.9. The van der Waals surface area contributed by atoms with Crippen LogP contribution in [0.25, 0.3) is 0 Å². The van der Waals surface area contributed by atoms with E-state index in [9.17, 15) is 13.5 Å². The molecule has 0 bridgehead atoms. The third-order valence-corrected chi connectivity index (χ3v) is 4.62. The van der Waals surface area contributed by atoms with Crippen molar-refractivity contribution >= 4 is 37.4 Å². The van der Waals surface area contributed by atoms with Crippen molar-refractivity contribution in [2.75, 3.05) is 6.26 Å². The lowest BCUT2D eigenvalue weighted by Crippen LogP contribution is -2.18. The summed E-state index contributed by atoms with van der Waals surface area (Å²) in [5, 5.41) is 12.5. The minimum absolute atomic E-state index is 0.388. The van der Waals surface area contributed by atoms with E-state index in [0.29, 0.717) is 15.2 Å². The molecule has 8 heteroatoms. The SMILES string of the molecule is CS(=O)(=O)O[C@@H](c1nc(Br)cs1)[C@@H](O)c1ccccc1. The zero-order chi connectivity index (χ0) is 14.8. The summed E-state index contributed by atoms with van der Waals surface area (Å²) in [6.07, 6.45) is -1.24. The number of hydrogen-bond acceptors (Lipinski definition) is 6. The molecule has 0 amide bonds. The second-order valence-corrected chi connectivity index (χ2v) is 7.39. The highest BCUT2D eigenvalue weighted by Crippen LogP contribution is 2.35. The Kier molecular flexibility index (Phi) is 4.92. The number of nitrogens with zero attached hydrogens (tertiary/aromatic N) is 1. The molecule has 0 aliphatic heterocycles. The summed E-state index contributed by atoms with van der Waals surface area (Å²) in [6, 6.07) is 8.72. The lowest BCUT2D eigenvalue weighted by Gasteiger charge is -2.20. The van der Waals surface area contributed by atoms with Crippen molar-refractivity contribution < 1.29 is 17.7 Å². The van der Waals surface area contributed by atoms with Crippen LogP contribution in [-0.4, -0.2) is 24.8 Å². The van der Waals surface area contributed by atoms with Gasteiger partial charge in [-0.3, -0.25) is 4.18 Å². The predicted octanol–water partition coefficient (Wildman–Crippen LogP) is 2.66. The molecule has 0 aliphatic rings. The summed E-state index contributed by atoms with van der Waals surface area (Å²) in [6.45, 7) is 0. The van der Waals surface area contributed by atoms with E-state index in [1.165, 1.54) is 11.3 Å². The van der Waals surface area contributed by atoms with E-state index in [2.05, 4.69) is 20.9 Å². The standard InChI is InChI=1S/C12H12BrNO4S2/c1-20(16,17)18-11(12-14-9(13)7-19-12)10(15)8-5-3-2-4-6-8/h2-7,10-11,15H,1H3/t10-,11+/m0/s1. The van der Waals surface area contributed by atoms with Crippen molar-refractivity contribution in [3.05, 3.63) is 50.9 Å². The van der Waals surface area contributed by atoms with Gasteiger partial charge in [0.25, 0.3) is 10.1 Å². The Bertz CT molecular complexity index is 672. The quantitative estimate of drug-likeness (QED) is 0.810. The summed E-state index contributed by atoms with van der Waals surface area (Å²) in [5.41, 5.74) is 0.562. The van der Waals surface area contributed by atoms with E-state index in [0.717, 1.165) is 6.26 Å². The molecular weight excluding hydrogens is 366 g/mol. The fourth-order valence-corrected chi connectivity index (χ4v) is 3.60. The van der Waals surface area contributed by atoms with Gasteiger partial charge in [-0.1, -0.05) is 30.3 Å². The summed E-state index contributed by atoms with van der Waals surface area (Å²) in [4.78, 5) is 4.13. The minimum Gasteiger partial charge on any atom is -0.385 e. The van der Waals surface area contributed by atoms with Gasteiger partial charge >= 0.3 is 0 Å². The first kappa shape index (κ1) is 15.6. The highest BCUT2D eigenvalue weighted by Gasteiger charge is 2.30. The van der Waals surface area contributed by atoms with E-state index < -0.39 is 22.3 Å². The van der Waals surface area contributed by atoms with Gasteiger partial charge < -0.3 is 5.11 Å². The average molecular weight is 378 g/mol. The zero-order valence-corrected chi connectivity index (χ0v) is 13.7. The maximum Gasteiger partial charge on any atom is 0.265 e. The van der Waals surface area contributed by atoms with Gasteiger partial charge in [0.15, 0.2) is 6.10 Å². The number of aromatic nitrogens is 1. The smallest absolute Gasteiger partial charge is 0.265 e. The molecule has 2 atom stereocenters. The second kappa shape index (κ2) is 6.31. The Labute approximate surface area is 129 Å². The number of rotatable bonds is 5. The number of aliphatic hydroxyl groups excluding tert-OH is 1. The monoisotopic (exact) mass is 377 g/mol. The van der Waals surface area contributed by atoms with Crippen LogP contribution in [0.1, 0.15) is 22.8 Å². The van der Waals surface area contributed by atoms with E-state index in [-0.39, 0.29) is 0 Å². The van der Waals surface area contributed by atoms with E-state index in [1.807, 2.05) is 6.07 Å². The Morgan fingerprint density at radius 1 is 1.35 bits per heavy atom.